The molecule has 0 aromatic carbocycles. The molecule has 4 rings (SSSR count). The molecule has 0 unspecified atom stereocenters. The third-order valence-electron chi connectivity index (χ3n) is 5.47. The van der Waals surface area contributed by atoms with E-state index in [2.05, 4.69) is 36.9 Å². The number of hydrogen-bond donors (Lipinski definition) is 3. The van der Waals surface area contributed by atoms with Gasteiger partial charge >= 0.3 is 0 Å². The number of pyridine rings is 2. The van der Waals surface area contributed by atoms with Gasteiger partial charge in [-0.05, 0) is 32.4 Å². The summed E-state index contributed by atoms with van der Waals surface area (Å²) in [6.45, 7) is 4.66. The van der Waals surface area contributed by atoms with Crippen molar-refractivity contribution in [1.82, 2.24) is 34.8 Å². The third-order valence-corrected chi connectivity index (χ3v) is 5.47. The van der Waals surface area contributed by atoms with Crippen molar-refractivity contribution in [2.45, 2.75) is 45.5 Å². The number of nitrogens with zero attached hydrogens (tertiary/aromatic N) is 7. The normalized spacial score (nSPS) is 12.3. The lowest BCUT2D eigenvalue weighted by Gasteiger charge is -2.22. The number of fused-ring (bicyclic) bond motifs is 1. The number of aryl methyl sites for hydroxylation is 2. The molecule has 36 heavy (non-hydrogen) atoms. The number of amides is 1. The summed E-state index contributed by atoms with van der Waals surface area (Å²) >= 11 is 0. The summed E-state index contributed by atoms with van der Waals surface area (Å²) in [5.74, 6) is -0.156. The molecule has 0 spiro atoms. The van der Waals surface area contributed by atoms with E-state index in [0.717, 1.165) is 10.9 Å². The van der Waals surface area contributed by atoms with Crippen molar-refractivity contribution >= 4 is 28.3 Å². The molecular weight excluding hydrogens is 465 g/mol. The van der Waals surface area contributed by atoms with Gasteiger partial charge in [0.1, 0.15) is 6.17 Å². The Bertz CT molecular complexity index is 1430. The molecule has 1 atom stereocenters. The summed E-state index contributed by atoms with van der Waals surface area (Å²) < 4.78 is 17.4. The number of carbonyl (C=O) groups is 1. The Morgan fingerprint density at radius 3 is 2.78 bits per heavy atom. The standard InChI is InChI=1S/C24H26FN9O2/c1-15-7-16-10-31-34(22(16)28-9-15)21-8-19(32-17-11-30-33(14-17)6-4-5-26)18(12-27-21)23(35)29-13-20(25)24(2,3)36/h7-12,14,20,36H,4,6,13H2,1-3H3,(H,27,32)(H,29,35)/t20-/m1/s1. The Morgan fingerprint density at radius 2 is 2.03 bits per heavy atom. The van der Waals surface area contributed by atoms with Crippen molar-refractivity contribution < 1.29 is 14.3 Å². The largest absolute Gasteiger partial charge is 0.387 e. The lowest BCUT2D eigenvalue weighted by molar-refractivity contribution is -0.00177. The summed E-state index contributed by atoms with van der Waals surface area (Å²) in [6.07, 6.45) is 6.70. The Kier molecular flexibility index (Phi) is 6.93. The number of rotatable bonds is 9. The molecule has 0 aliphatic heterocycles. The topological polar surface area (TPSA) is 147 Å². The van der Waals surface area contributed by atoms with E-state index in [-0.39, 0.29) is 12.1 Å². The summed E-state index contributed by atoms with van der Waals surface area (Å²) in [5.41, 5.74) is 1.12. The van der Waals surface area contributed by atoms with E-state index in [4.69, 9.17) is 5.26 Å². The van der Waals surface area contributed by atoms with Crippen LogP contribution in [0.5, 0.6) is 0 Å². The molecule has 0 saturated carbocycles. The first-order chi connectivity index (χ1) is 17.2. The van der Waals surface area contributed by atoms with Crippen LogP contribution in [0.2, 0.25) is 0 Å². The fourth-order valence-electron chi connectivity index (χ4n) is 3.44. The monoisotopic (exact) mass is 491 g/mol. The highest BCUT2D eigenvalue weighted by atomic mass is 19.1. The Labute approximate surface area is 206 Å². The van der Waals surface area contributed by atoms with Crippen LogP contribution in [0.3, 0.4) is 0 Å². The van der Waals surface area contributed by atoms with E-state index in [9.17, 15) is 14.3 Å². The van der Waals surface area contributed by atoms with E-state index < -0.39 is 17.7 Å². The number of nitriles is 1. The zero-order chi connectivity index (χ0) is 25.9. The van der Waals surface area contributed by atoms with Gasteiger partial charge in [-0.1, -0.05) is 0 Å². The van der Waals surface area contributed by atoms with Crippen molar-refractivity contribution in [3.8, 4) is 11.9 Å². The van der Waals surface area contributed by atoms with Crippen LogP contribution in [-0.2, 0) is 6.54 Å². The van der Waals surface area contributed by atoms with Gasteiger partial charge in [-0.3, -0.25) is 9.48 Å². The van der Waals surface area contributed by atoms with E-state index >= 15 is 0 Å². The van der Waals surface area contributed by atoms with Gasteiger partial charge in [0.2, 0.25) is 0 Å². The molecule has 0 aliphatic carbocycles. The minimum absolute atomic E-state index is 0.159. The van der Waals surface area contributed by atoms with Gasteiger partial charge in [0.25, 0.3) is 5.91 Å². The highest BCUT2D eigenvalue weighted by Gasteiger charge is 2.27. The van der Waals surface area contributed by atoms with Gasteiger partial charge in [0.15, 0.2) is 11.5 Å². The number of nitrogens with one attached hydrogen (secondary N) is 2. The molecule has 4 heterocycles. The molecule has 0 fully saturated rings. The molecule has 186 valence electrons. The minimum atomic E-state index is -1.66. The van der Waals surface area contributed by atoms with Crippen LogP contribution in [0.4, 0.5) is 15.8 Å². The second kappa shape index (κ2) is 10.1. The lowest BCUT2D eigenvalue weighted by Crippen LogP contribution is -2.42. The van der Waals surface area contributed by atoms with Gasteiger partial charge in [0, 0.05) is 30.0 Å². The first-order valence-electron chi connectivity index (χ1n) is 11.3. The van der Waals surface area contributed by atoms with Gasteiger partial charge in [-0.2, -0.15) is 20.1 Å². The van der Waals surface area contributed by atoms with Crippen molar-refractivity contribution in [1.29, 1.82) is 5.26 Å². The second-order valence-corrected chi connectivity index (χ2v) is 8.93. The predicted octanol–water partition coefficient (Wildman–Crippen LogP) is 2.82. The van der Waals surface area contributed by atoms with Crippen LogP contribution in [0.15, 0.2) is 43.1 Å². The summed E-state index contributed by atoms with van der Waals surface area (Å²) in [5, 5.41) is 33.7. The number of aliphatic hydroxyl groups is 1. The fraction of sp³-hybridized carbons (Fsp3) is 0.333. The van der Waals surface area contributed by atoms with Crippen LogP contribution in [0.25, 0.3) is 16.9 Å². The van der Waals surface area contributed by atoms with Crippen LogP contribution in [-0.4, -0.2) is 58.9 Å². The molecule has 0 radical (unpaired) electrons. The van der Waals surface area contributed by atoms with Crippen molar-refractivity contribution in [2.24, 2.45) is 0 Å². The third kappa shape index (κ3) is 5.47. The Hall–Kier alpha value is -4.37. The average Bonchev–Trinajstić information content (AvgIpc) is 3.46. The summed E-state index contributed by atoms with van der Waals surface area (Å²) in [7, 11) is 0. The van der Waals surface area contributed by atoms with Crippen molar-refractivity contribution in [3.63, 3.8) is 0 Å². The summed E-state index contributed by atoms with van der Waals surface area (Å²) in [6, 6.07) is 5.66. The van der Waals surface area contributed by atoms with Crippen LogP contribution < -0.4 is 10.6 Å². The Morgan fingerprint density at radius 1 is 1.22 bits per heavy atom. The number of alkyl halides is 1. The van der Waals surface area contributed by atoms with Crippen molar-refractivity contribution in [2.75, 3.05) is 11.9 Å². The van der Waals surface area contributed by atoms with Gasteiger partial charge in [0.05, 0.1) is 60.5 Å². The van der Waals surface area contributed by atoms with E-state index in [1.165, 1.54) is 20.0 Å². The van der Waals surface area contributed by atoms with E-state index in [0.29, 0.717) is 35.8 Å². The highest BCUT2D eigenvalue weighted by Crippen LogP contribution is 2.25. The maximum Gasteiger partial charge on any atom is 0.255 e. The van der Waals surface area contributed by atoms with Gasteiger partial charge < -0.3 is 15.7 Å². The van der Waals surface area contributed by atoms with Gasteiger partial charge in [-0.25, -0.2) is 14.4 Å². The van der Waals surface area contributed by atoms with Crippen LogP contribution in [0, 0.1) is 18.3 Å². The minimum Gasteiger partial charge on any atom is -0.387 e. The number of halogens is 1. The zero-order valence-corrected chi connectivity index (χ0v) is 20.1. The van der Waals surface area contributed by atoms with E-state index in [1.807, 2.05) is 13.0 Å². The molecule has 4 aromatic heterocycles. The molecule has 0 bridgehead atoms. The quantitative estimate of drug-likeness (QED) is 0.324. The molecule has 0 aliphatic rings. The van der Waals surface area contributed by atoms with Crippen LogP contribution in [0.1, 0.15) is 36.2 Å². The molecule has 0 saturated heterocycles. The highest BCUT2D eigenvalue weighted by molar-refractivity contribution is 6.00. The number of aromatic nitrogens is 6. The smallest absolute Gasteiger partial charge is 0.255 e. The molecule has 11 nitrogen and oxygen atoms in total. The molecule has 4 aromatic rings. The fourth-order valence-corrected chi connectivity index (χ4v) is 3.44. The second-order valence-electron chi connectivity index (χ2n) is 8.93. The average molecular weight is 492 g/mol. The lowest BCUT2D eigenvalue weighted by atomic mass is 10.0. The van der Waals surface area contributed by atoms with Crippen molar-refractivity contribution in [3.05, 3.63) is 54.2 Å². The summed E-state index contributed by atoms with van der Waals surface area (Å²) in [4.78, 5) is 21.8. The molecule has 3 N–H and O–H groups in total. The first-order valence-corrected chi connectivity index (χ1v) is 11.3. The number of hydrogen-bond acceptors (Lipinski definition) is 8. The first kappa shape index (κ1) is 24.7. The zero-order valence-electron chi connectivity index (χ0n) is 20.1. The SMILES string of the molecule is Cc1cnc2c(cnn2-c2cc(Nc3cnn(CCC#N)c3)c(C(=O)NC[C@@H](F)C(C)(C)O)cn2)c1. The number of carbonyl (C=O) groups excluding carboxylic acids is 1. The molecule has 12 heteroatoms. The molecule has 1 amide bonds. The maximum absolute atomic E-state index is 14.2. The Balaban J connectivity index is 1.67. The number of anilines is 2. The molecular formula is C24H26FN9O2. The van der Waals surface area contributed by atoms with Crippen LogP contribution >= 0.6 is 0 Å². The predicted molar refractivity (Wildman–Crippen MR) is 131 cm³/mol. The van der Waals surface area contributed by atoms with E-state index in [1.54, 1.807) is 40.2 Å². The van der Waals surface area contributed by atoms with Gasteiger partial charge in [-0.15, -0.1) is 0 Å². The maximum atomic E-state index is 14.2.